The normalized spacial score (nSPS) is 10.4. The highest BCUT2D eigenvalue weighted by molar-refractivity contribution is 6.31. The van der Waals surface area contributed by atoms with Crippen LogP contribution in [0.2, 0.25) is 5.15 Å². The third-order valence-electron chi connectivity index (χ3n) is 2.28. The maximum absolute atomic E-state index is 12.2. The van der Waals surface area contributed by atoms with Gasteiger partial charge in [0.05, 0.1) is 12.7 Å². The molecule has 0 fully saturated rings. The lowest BCUT2D eigenvalue weighted by Gasteiger charge is -2.07. The van der Waals surface area contributed by atoms with E-state index in [2.05, 4.69) is 4.98 Å². The number of ether oxygens (including phenoxy) is 1. The van der Waals surface area contributed by atoms with Crippen molar-refractivity contribution >= 4 is 23.3 Å². The van der Waals surface area contributed by atoms with Crippen LogP contribution in [0, 0.1) is 0 Å². The zero-order valence-corrected chi connectivity index (χ0v) is 9.91. The van der Waals surface area contributed by atoms with E-state index in [1.165, 1.54) is 13.3 Å². The predicted molar refractivity (Wildman–Crippen MR) is 63.2 cm³/mol. The molecule has 2 rings (SSSR count). The summed E-state index contributed by atoms with van der Waals surface area (Å²) in [4.78, 5) is 15.8. The van der Waals surface area contributed by atoms with Crippen molar-refractivity contribution in [2.45, 2.75) is 0 Å². The molecule has 0 saturated heterocycles. The molecule has 2 aromatic rings. The summed E-state index contributed by atoms with van der Waals surface area (Å²) in [5.41, 5.74) is -0.870. The lowest BCUT2D eigenvalue weighted by atomic mass is 10.3. The molecule has 0 aliphatic carbocycles. The van der Waals surface area contributed by atoms with Crippen molar-refractivity contribution in [1.82, 2.24) is 9.38 Å². The molecule has 0 N–H and O–H groups in total. The van der Waals surface area contributed by atoms with Crippen LogP contribution < -0.4 is 10.3 Å². The minimum absolute atomic E-state index is 0.173. The van der Waals surface area contributed by atoms with Crippen molar-refractivity contribution in [1.29, 1.82) is 0 Å². The molecule has 18 heavy (non-hydrogen) atoms. The van der Waals surface area contributed by atoms with Crippen molar-refractivity contribution in [3.63, 3.8) is 0 Å². The van der Waals surface area contributed by atoms with Crippen LogP contribution >= 0.6 is 11.6 Å². The second-order valence-corrected chi connectivity index (χ2v) is 3.68. The second kappa shape index (κ2) is 4.73. The van der Waals surface area contributed by atoms with Gasteiger partial charge >= 0.3 is 0 Å². The van der Waals surface area contributed by atoms with Crippen LogP contribution in [-0.4, -0.2) is 16.5 Å². The van der Waals surface area contributed by atoms with E-state index in [1.54, 1.807) is 12.1 Å². The van der Waals surface area contributed by atoms with E-state index in [0.717, 1.165) is 4.40 Å². The maximum atomic E-state index is 12.2. The van der Waals surface area contributed by atoms with Crippen molar-refractivity contribution < 1.29 is 13.5 Å². The van der Waals surface area contributed by atoms with E-state index in [1.807, 2.05) is 0 Å². The first-order chi connectivity index (χ1) is 8.54. The van der Waals surface area contributed by atoms with Gasteiger partial charge in [0.1, 0.15) is 5.15 Å². The highest BCUT2D eigenvalue weighted by Gasteiger charge is 2.13. The number of rotatable bonds is 2. The Balaban J connectivity index is 2.88. The Morgan fingerprint density at radius 1 is 1.56 bits per heavy atom. The van der Waals surface area contributed by atoms with E-state index in [4.69, 9.17) is 16.3 Å². The molecule has 0 unspecified atom stereocenters. The van der Waals surface area contributed by atoms with Crippen molar-refractivity contribution in [2.24, 2.45) is 0 Å². The van der Waals surface area contributed by atoms with Crippen LogP contribution in [0.5, 0.6) is 5.75 Å². The van der Waals surface area contributed by atoms with Gasteiger partial charge in [-0.25, -0.2) is 4.98 Å². The van der Waals surface area contributed by atoms with Gasteiger partial charge in [-0.05, 0) is 12.1 Å². The number of aromatic nitrogens is 2. The second-order valence-electron chi connectivity index (χ2n) is 3.33. The van der Waals surface area contributed by atoms with E-state index >= 15 is 0 Å². The van der Waals surface area contributed by atoms with Crippen molar-refractivity contribution in [2.75, 3.05) is 7.11 Å². The molecule has 0 bridgehead atoms. The van der Waals surface area contributed by atoms with Gasteiger partial charge in [0.25, 0.3) is 11.6 Å². The Bertz CT molecular complexity index is 693. The van der Waals surface area contributed by atoms with Gasteiger partial charge in [-0.15, -0.1) is 0 Å². The van der Waals surface area contributed by atoms with E-state index in [0.29, 0.717) is 11.8 Å². The highest BCUT2D eigenvalue weighted by atomic mass is 35.5. The van der Waals surface area contributed by atoms with E-state index in [9.17, 15) is 13.6 Å². The van der Waals surface area contributed by atoms with Gasteiger partial charge in [0.2, 0.25) is 0 Å². The summed E-state index contributed by atoms with van der Waals surface area (Å²) in [5, 5.41) is -0.294. The molecule has 2 aromatic heterocycles. The smallest absolute Gasteiger partial charge is 0.271 e. The van der Waals surface area contributed by atoms with E-state index < -0.39 is 11.6 Å². The average Bonchev–Trinajstić information content (AvgIpc) is 2.33. The number of methoxy groups -OCH3 is 1. The third kappa shape index (κ3) is 2.06. The Kier molecular flexibility index (Phi) is 3.29. The Hall–Kier alpha value is -1.95. The number of halogens is 3. The average molecular weight is 273 g/mol. The van der Waals surface area contributed by atoms with Crippen molar-refractivity contribution in [3.8, 4) is 5.75 Å². The van der Waals surface area contributed by atoms with Crippen LogP contribution in [0.1, 0.15) is 5.56 Å². The molecule has 2 heterocycles. The van der Waals surface area contributed by atoms with Gasteiger partial charge in [-0.1, -0.05) is 11.6 Å². The first kappa shape index (κ1) is 12.5. The summed E-state index contributed by atoms with van der Waals surface area (Å²) < 4.78 is 30.6. The summed E-state index contributed by atoms with van der Waals surface area (Å²) in [7, 11) is 1.41. The number of nitrogens with zero attached hydrogens (tertiary/aromatic N) is 2. The topological polar surface area (TPSA) is 43.6 Å². The van der Waals surface area contributed by atoms with Crippen LogP contribution in [0.4, 0.5) is 8.78 Å². The van der Waals surface area contributed by atoms with Gasteiger partial charge in [0, 0.05) is 12.3 Å². The Morgan fingerprint density at radius 2 is 2.28 bits per heavy atom. The molecular weight excluding hydrogens is 266 g/mol. The molecule has 0 aliphatic rings. The summed E-state index contributed by atoms with van der Waals surface area (Å²) in [5.74, 6) is 0.327. The summed E-state index contributed by atoms with van der Waals surface area (Å²) in [6.45, 7) is 0. The Labute approximate surface area is 105 Å². The standard InChI is InChI=1S/C11H7ClF2N2O2/c1-18-7-3-2-4-16-10(7)15-9(12)6(11(16)17)5-8(13)14/h2-5H,1H3. The van der Waals surface area contributed by atoms with Crippen molar-refractivity contribution in [3.05, 3.63) is 45.5 Å². The molecule has 0 amide bonds. The number of hydrogen-bond donors (Lipinski definition) is 0. The molecule has 0 aromatic carbocycles. The molecular formula is C11H7ClF2N2O2. The van der Waals surface area contributed by atoms with Crippen LogP contribution in [-0.2, 0) is 0 Å². The SMILES string of the molecule is COc1cccn2c(=O)c(C=C(F)F)c(Cl)nc12. The van der Waals surface area contributed by atoms with Gasteiger partial charge in [0.15, 0.2) is 11.4 Å². The fourth-order valence-electron chi connectivity index (χ4n) is 1.51. The largest absolute Gasteiger partial charge is 0.493 e. The van der Waals surface area contributed by atoms with Gasteiger partial charge < -0.3 is 4.74 Å². The molecule has 0 atom stereocenters. The molecule has 0 saturated carbocycles. The minimum Gasteiger partial charge on any atom is -0.493 e. The number of fused-ring (bicyclic) bond motifs is 1. The van der Waals surface area contributed by atoms with Crippen LogP contribution in [0.25, 0.3) is 11.7 Å². The first-order valence-electron chi connectivity index (χ1n) is 4.82. The quantitative estimate of drug-likeness (QED) is 0.789. The summed E-state index contributed by atoms with van der Waals surface area (Å²) >= 11 is 5.72. The number of pyridine rings is 1. The zero-order valence-electron chi connectivity index (χ0n) is 9.15. The highest BCUT2D eigenvalue weighted by Crippen LogP contribution is 2.20. The molecule has 0 spiro atoms. The lowest BCUT2D eigenvalue weighted by molar-refractivity contribution is 0.416. The Morgan fingerprint density at radius 3 is 2.89 bits per heavy atom. The monoisotopic (exact) mass is 272 g/mol. The molecule has 0 radical (unpaired) electrons. The minimum atomic E-state index is -2.02. The van der Waals surface area contributed by atoms with Gasteiger partial charge in [-0.3, -0.25) is 9.20 Å². The fraction of sp³-hybridized carbons (Fsp3) is 0.0909. The molecule has 0 aliphatic heterocycles. The zero-order chi connectivity index (χ0) is 13.3. The molecule has 7 heteroatoms. The fourth-order valence-corrected chi connectivity index (χ4v) is 1.73. The van der Waals surface area contributed by atoms with E-state index in [-0.39, 0.29) is 16.4 Å². The van der Waals surface area contributed by atoms with Crippen LogP contribution in [0.3, 0.4) is 0 Å². The maximum Gasteiger partial charge on any atom is 0.271 e. The number of hydrogen-bond acceptors (Lipinski definition) is 3. The molecule has 94 valence electrons. The summed E-state index contributed by atoms with van der Waals surface area (Å²) in [6, 6.07) is 3.13. The third-order valence-corrected chi connectivity index (χ3v) is 2.57. The molecule has 4 nitrogen and oxygen atoms in total. The van der Waals surface area contributed by atoms with Crippen LogP contribution in [0.15, 0.2) is 29.2 Å². The van der Waals surface area contributed by atoms with Gasteiger partial charge in [-0.2, -0.15) is 8.78 Å². The summed E-state index contributed by atoms with van der Waals surface area (Å²) in [6.07, 6.45) is -0.223. The first-order valence-corrected chi connectivity index (χ1v) is 5.20. The lowest BCUT2D eigenvalue weighted by Crippen LogP contribution is -2.18. The predicted octanol–water partition coefficient (Wildman–Crippen LogP) is 2.59.